The Kier molecular flexibility index (Phi) is 2.71. The van der Waals surface area contributed by atoms with Gasteiger partial charge in [0.1, 0.15) is 17.3 Å². The number of nitrogens with zero attached hydrogens (tertiary/aromatic N) is 3. The van der Waals surface area contributed by atoms with Gasteiger partial charge in [-0.2, -0.15) is 9.97 Å². The summed E-state index contributed by atoms with van der Waals surface area (Å²) in [4.78, 5) is 11.2. The van der Waals surface area contributed by atoms with Crippen molar-refractivity contribution in [2.75, 3.05) is 18.1 Å². The molecule has 8 N–H and O–H groups in total. The SMILES string of the molecule is CN(N)/C=C(\N)Nc1nc(N)c2cc[nH]c2n1. The van der Waals surface area contributed by atoms with Crippen LogP contribution in [0.3, 0.4) is 0 Å². The number of hydrogen-bond acceptors (Lipinski definition) is 7. The van der Waals surface area contributed by atoms with Gasteiger partial charge in [0.25, 0.3) is 0 Å². The molecule has 2 rings (SSSR count). The van der Waals surface area contributed by atoms with E-state index in [1.807, 2.05) is 0 Å². The van der Waals surface area contributed by atoms with Crippen molar-refractivity contribution in [1.82, 2.24) is 20.0 Å². The van der Waals surface area contributed by atoms with Crippen molar-refractivity contribution in [3.05, 3.63) is 24.3 Å². The quantitative estimate of drug-likeness (QED) is 0.357. The third kappa shape index (κ3) is 2.37. The highest BCUT2D eigenvalue weighted by atomic mass is 15.4. The zero-order valence-electron chi connectivity index (χ0n) is 9.31. The molecule has 0 aliphatic rings. The molecule has 8 nitrogen and oxygen atoms in total. The molecule has 0 atom stereocenters. The van der Waals surface area contributed by atoms with Gasteiger partial charge in [-0.15, -0.1) is 0 Å². The second-order valence-corrected chi connectivity index (χ2v) is 3.55. The Morgan fingerprint density at radius 2 is 2.29 bits per heavy atom. The molecular formula is C9H14N8. The predicted octanol–water partition coefficient (Wildman–Crippen LogP) is -0.485. The molecule has 2 aromatic heterocycles. The summed E-state index contributed by atoms with van der Waals surface area (Å²) in [5, 5.41) is 4.88. The highest BCUT2D eigenvalue weighted by molar-refractivity contribution is 5.86. The fourth-order valence-corrected chi connectivity index (χ4v) is 1.40. The standard InChI is InChI=1S/C9H14N8/c1-17(12)4-6(10)14-9-15-7(11)5-2-3-13-8(5)16-9/h2-4H,10,12H2,1H3,(H4,11,13,14,15,16)/b6-4+. The Balaban J connectivity index is 2.30. The van der Waals surface area contributed by atoms with Gasteiger partial charge < -0.3 is 26.8 Å². The van der Waals surface area contributed by atoms with Gasteiger partial charge in [-0.1, -0.05) is 0 Å². The Bertz CT molecular complexity index is 555. The molecule has 8 heteroatoms. The lowest BCUT2D eigenvalue weighted by molar-refractivity contribution is 0.480. The minimum atomic E-state index is 0.313. The first-order valence-corrected chi connectivity index (χ1v) is 4.88. The minimum Gasteiger partial charge on any atom is -0.384 e. The lowest BCUT2D eigenvalue weighted by atomic mass is 10.4. The van der Waals surface area contributed by atoms with Crippen LogP contribution in [0.2, 0.25) is 0 Å². The van der Waals surface area contributed by atoms with Crippen LogP contribution in [-0.4, -0.2) is 27.0 Å². The summed E-state index contributed by atoms with van der Waals surface area (Å²) < 4.78 is 0. The highest BCUT2D eigenvalue weighted by Crippen LogP contribution is 2.17. The topological polar surface area (TPSA) is 135 Å². The normalized spacial score (nSPS) is 11.8. The summed E-state index contributed by atoms with van der Waals surface area (Å²) in [5.41, 5.74) is 12.1. The van der Waals surface area contributed by atoms with Crippen LogP contribution in [0.1, 0.15) is 0 Å². The maximum Gasteiger partial charge on any atom is 0.232 e. The van der Waals surface area contributed by atoms with Gasteiger partial charge in [0, 0.05) is 13.2 Å². The van der Waals surface area contributed by atoms with Crippen molar-refractivity contribution >= 4 is 22.8 Å². The first kappa shape index (κ1) is 11.0. The number of hydrazine groups is 1. The molecule has 0 amide bonds. The number of hydrogen-bond donors (Lipinski definition) is 5. The number of aromatic nitrogens is 3. The van der Waals surface area contributed by atoms with Crippen LogP contribution in [0.5, 0.6) is 0 Å². The fourth-order valence-electron chi connectivity index (χ4n) is 1.40. The molecule has 0 saturated heterocycles. The van der Waals surface area contributed by atoms with E-state index in [0.29, 0.717) is 23.2 Å². The van der Waals surface area contributed by atoms with Crippen molar-refractivity contribution in [2.24, 2.45) is 11.6 Å². The number of aromatic amines is 1. The molecule has 2 aromatic rings. The monoisotopic (exact) mass is 234 g/mol. The van der Waals surface area contributed by atoms with Crippen LogP contribution in [0.15, 0.2) is 24.3 Å². The maximum atomic E-state index is 5.77. The fraction of sp³-hybridized carbons (Fsp3) is 0.111. The molecule has 0 fully saturated rings. The molecule has 0 bridgehead atoms. The second-order valence-electron chi connectivity index (χ2n) is 3.55. The Labute approximate surface area is 97.5 Å². The van der Waals surface area contributed by atoms with Crippen molar-refractivity contribution < 1.29 is 0 Å². The number of anilines is 2. The van der Waals surface area contributed by atoms with Crippen LogP contribution in [0.25, 0.3) is 11.0 Å². The van der Waals surface area contributed by atoms with Crippen LogP contribution in [0, 0.1) is 0 Å². The van der Waals surface area contributed by atoms with E-state index in [4.69, 9.17) is 17.3 Å². The first-order valence-electron chi connectivity index (χ1n) is 4.88. The van der Waals surface area contributed by atoms with Crippen molar-refractivity contribution in [3.8, 4) is 0 Å². The third-order valence-electron chi connectivity index (χ3n) is 2.04. The van der Waals surface area contributed by atoms with Gasteiger partial charge in [-0.05, 0) is 6.07 Å². The lowest BCUT2D eigenvalue weighted by Gasteiger charge is -2.09. The van der Waals surface area contributed by atoms with Crippen molar-refractivity contribution in [2.45, 2.75) is 0 Å². The average Bonchev–Trinajstić information content (AvgIpc) is 2.64. The van der Waals surface area contributed by atoms with Gasteiger partial charge in [-0.3, -0.25) is 0 Å². The van der Waals surface area contributed by atoms with Gasteiger partial charge in [0.2, 0.25) is 5.95 Å². The largest absolute Gasteiger partial charge is 0.384 e. The summed E-state index contributed by atoms with van der Waals surface area (Å²) >= 11 is 0. The first-order chi connectivity index (χ1) is 8.06. The zero-order valence-corrected chi connectivity index (χ0v) is 9.31. The molecule has 0 spiro atoms. The summed E-state index contributed by atoms with van der Waals surface area (Å²) in [5.74, 6) is 6.43. The van der Waals surface area contributed by atoms with E-state index in [1.54, 1.807) is 19.3 Å². The highest BCUT2D eigenvalue weighted by Gasteiger charge is 2.05. The third-order valence-corrected chi connectivity index (χ3v) is 2.04. The van der Waals surface area contributed by atoms with Crippen molar-refractivity contribution in [1.29, 1.82) is 0 Å². The Hall–Kier alpha value is -2.48. The van der Waals surface area contributed by atoms with Gasteiger partial charge in [-0.25, -0.2) is 5.84 Å². The summed E-state index contributed by atoms with van der Waals surface area (Å²) in [6, 6.07) is 1.81. The van der Waals surface area contributed by atoms with E-state index in [1.165, 1.54) is 11.2 Å². The molecule has 17 heavy (non-hydrogen) atoms. The smallest absolute Gasteiger partial charge is 0.232 e. The number of nitrogens with two attached hydrogens (primary N) is 3. The van der Waals surface area contributed by atoms with Crippen molar-refractivity contribution in [3.63, 3.8) is 0 Å². The number of rotatable bonds is 3. The number of fused-ring (bicyclic) bond motifs is 1. The van der Waals surface area contributed by atoms with Crippen LogP contribution < -0.4 is 22.6 Å². The van der Waals surface area contributed by atoms with E-state index in [0.717, 1.165) is 5.39 Å². The average molecular weight is 234 g/mol. The Morgan fingerprint density at radius 3 is 3.00 bits per heavy atom. The molecule has 2 heterocycles. The second kappa shape index (κ2) is 4.18. The molecular weight excluding hydrogens is 220 g/mol. The minimum absolute atomic E-state index is 0.313. The Morgan fingerprint density at radius 1 is 1.53 bits per heavy atom. The van der Waals surface area contributed by atoms with Crippen LogP contribution >= 0.6 is 0 Å². The number of H-pyrrole nitrogens is 1. The van der Waals surface area contributed by atoms with Gasteiger partial charge in [0.05, 0.1) is 11.6 Å². The molecule has 0 radical (unpaired) electrons. The maximum absolute atomic E-state index is 5.77. The summed E-state index contributed by atoms with van der Waals surface area (Å²) in [7, 11) is 1.65. The lowest BCUT2D eigenvalue weighted by Crippen LogP contribution is -2.23. The van der Waals surface area contributed by atoms with Gasteiger partial charge >= 0.3 is 0 Å². The van der Waals surface area contributed by atoms with E-state index in [-0.39, 0.29) is 0 Å². The summed E-state index contributed by atoms with van der Waals surface area (Å²) in [6.07, 6.45) is 3.24. The number of nitrogens with one attached hydrogen (secondary N) is 2. The van der Waals surface area contributed by atoms with E-state index in [2.05, 4.69) is 20.3 Å². The predicted molar refractivity (Wildman–Crippen MR) is 66.1 cm³/mol. The molecule has 0 aromatic carbocycles. The zero-order chi connectivity index (χ0) is 12.4. The van der Waals surface area contributed by atoms with E-state index < -0.39 is 0 Å². The van der Waals surface area contributed by atoms with Gasteiger partial charge in [0.15, 0.2) is 0 Å². The van der Waals surface area contributed by atoms with Crippen LogP contribution in [0.4, 0.5) is 11.8 Å². The molecule has 0 aliphatic carbocycles. The van der Waals surface area contributed by atoms with E-state index in [9.17, 15) is 0 Å². The molecule has 0 unspecified atom stereocenters. The van der Waals surface area contributed by atoms with E-state index >= 15 is 0 Å². The number of nitrogen functional groups attached to an aromatic ring is 1. The van der Waals surface area contributed by atoms with Crippen LogP contribution in [-0.2, 0) is 0 Å². The molecule has 0 saturated carbocycles. The molecule has 0 aliphatic heterocycles. The molecule has 90 valence electrons. The summed E-state index contributed by atoms with van der Waals surface area (Å²) in [6.45, 7) is 0.